The number of carbonyl (C=O) groups is 2. The van der Waals surface area contributed by atoms with Gasteiger partial charge in [-0.25, -0.2) is 14.4 Å². The topological polar surface area (TPSA) is 104 Å². The van der Waals surface area contributed by atoms with Crippen LogP contribution in [-0.4, -0.2) is 25.8 Å². The van der Waals surface area contributed by atoms with Crippen LogP contribution in [0.1, 0.15) is 22.8 Å². The maximum atomic E-state index is 12.0. The lowest BCUT2D eigenvalue weighted by Crippen LogP contribution is -2.13. The van der Waals surface area contributed by atoms with E-state index in [1.807, 2.05) is 0 Å². The van der Waals surface area contributed by atoms with Gasteiger partial charge < -0.3 is 18.6 Å². The van der Waals surface area contributed by atoms with Crippen LogP contribution in [0.25, 0.3) is 11.0 Å². The molecule has 1 aromatic heterocycles. The van der Waals surface area contributed by atoms with Gasteiger partial charge in [-0.3, -0.25) is 5.32 Å². The van der Waals surface area contributed by atoms with Crippen LogP contribution in [0.15, 0.2) is 51.7 Å². The maximum absolute atomic E-state index is 12.0. The van der Waals surface area contributed by atoms with Crippen molar-refractivity contribution in [3.05, 3.63) is 69.0 Å². The second kappa shape index (κ2) is 9.32. The zero-order valence-electron chi connectivity index (χ0n) is 16.2. The predicted molar refractivity (Wildman–Crippen MR) is 110 cm³/mol. The lowest BCUT2D eigenvalue weighted by molar-refractivity contribution is 0.0600. The van der Waals surface area contributed by atoms with Crippen LogP contribution in [0.3, 0.4) is 0 Å². The summed E-state index contributed by atoms with van der Waals surface area (Å²) in [6.45, 7) is 1.96. The third-order valence-electron chi connectivity index (χ3n) is 4.09. The number of nitrogens with one attached hydrogen (secondary N) is 1. The van der Waals surface area contributed by atoms with Crippen LogP contribution in [0.4, 0.5) is 10.5 Å². The Morgan fingerprint density at radius 3 is 2.63 bits per heavy atom. The number of carbonyl (C=O) groups excluding carboxylic acids is 2. The van der Waals surface area contributed by atoms with Crippen molar-refractivity contribution in [2.24, 2.45) is 0 Å². The first-order valence-corrected chi connectivity index (χ1v) is 9.30. The molecule has 8 nitrogen and oxygen atoms in total. The second-order valence-corrected chi connectivity index (χ2v) is 6.48. The first kappa shape index (κ1) is 21.2. The van der Waals surface area contributed by atoms with E-state index in [9.17, 15) is 14.4 Å². The minimum absolute atomic E-state index is 0.0318. The number of benzene rings is 2. The van der Waals surface area contributed by atoms with Gasteiger partial charge in [-0.15, -0.1) is 0 Å². The number of hydrogen-bond acceptors (Lipinski definition) is 7. The summed E-state index contributed by atoms with van der Waals surface area (Å²) in [6, 6.07) is 10.7. The number of anilines is 1. The van der Waals surface area contributed by atoms with Crippen molar-refractivity contribution in [1.82, 2.24) is 0 Å². The second-order valence-electron chi connectivity index (χ2n) is 6.07. The molecule has 0 atom stereocenters. The maximum Gasteiger partial charge on any atom is 0.411 e. The van der Waals surface area contributed by atoms with E-state index in [1.165, 1.54) is 31.4 Å². The van der Waals surface area contributed by atoms with Gasteiger partial charge in [0.2, 0.25) is 0 Å². The minimum Gasteiger partial charge on any atom is -0.487 e. The molecule has 0 aliphatic carbocycles. The van der Waals surface area contributed by atoms with Gasteiger partial charge >= 0.3 is 17.7 Å². The summed E-state index contributed by atoms with van der Waals surface area (Å²) in [5, 5.41) is 3.41. The molecule has 1 N–H and O–H groups in total. The molecule has 0 fully saturated rings. The van der Waals surface area contributed by atoms with Gasteiger partial charge in [-0.1, -0.05) is 11.6 Å². The number of esters is 1. The number of amides is 1. The molecule has 0 saturated carbocycles. The largest absolute Gasteiger partial charge is 0.487 e. The zero-order valence-corrected chi connectivity index (χ0v) is 16.9. The van der Waals surface area contributed by atoms with Gasteiger partial charge in [-0.05, 0) is 37.3 Å². The SMILES string of the molecule is CCOC(=O)Nc1ccc2c(COc3ccc(C(=O)OC)cc3Cl)cc(=O)oc2c1. The molecule has 0 radical (unpaired) electrons. The molecule has 0 aliphatic rings. The third-order valence-corrected chi connectivity index (χ3v) is 4.38. The standard InChI is InChI=1S/C21H18ClNO7/c1-3-28-21(26)23-14-5-6-15-13(9-19(24)30-18(15)10-14)11-29-17-7-4-12(8-16(17)22)20(25)27-2/h4-10H,3,11H2,1-2H3,(H,23,26). The number of methoxy groups -OCH3 is 1. The predicted octanol–water partition coefficient (Wildman–Crippen LogP) is 4.38. The Morgan fingerprint density at radius 1 is 1.13 bits per heavy atom. The van der Waals surface area contributed by atoms with E-state index < -0.39 is 17.7 Å². The molecule has 0 spiro atoms. The minimum atomic E-state index is -0.608. The van der Waals surface area contributed by atoms with Crippen molar-refractivity contribution >= 4 is 40.3 Å². The lowest BCUT2D eigenvalue weighted by atomic mass is 10.1. The molecular formula is C21H18ClNO7. The molecule has 3 aromatic rings. The van der Waals surface area contributed by atoms with Gasteiger partial charge in [0.05, 0.1) is 24.3 Å². The van der Waals surface area contributed by atoms with Crippen molar-refractivity contribution in [1.29, 1.82) is 0 Å². The Kier molecular flexibility index (Phi) is 6.58. The number of halogens is 1. The first-order valence-electron chi connectivity index (χ1n) is 8.92. The summed E-state index contributed by atoms with van der Waals surface area (Å²) in [6.07, 6.45) is -0.608. The molecule has 1 heterocycles. The van der Waals surface area contributed by atoms with E-state index >= 15 is 0 Å². The van der Waals surface area contributed by atoms with E-state index in [-0.39, 0.29) is 23.8 Å². The average Bonchev–Trinajstić information content (AvgIpc) is 2.71. The van der Waals surface area contributed by atoms with Crippen molar-refractivity contribution in [3.63, 3.8) is 0 Å². The van der Waals surface area contributed by atoms with Crippen molar-refractivity contribution in [3.8, 4) is 5.75 Å². The summed E-state index contributed by atoms with van der Waals surface area (Å²) >= 11 is 6.18. The van der Waals surface area contributed by atoms with Crippen LogP contribution in [0.5, 0.6) is 5.75 Å². The Hall–Kier alpha value is -3.52. The van der Waals surface area contributed by atoms with Crippen molar-refractivity contribution in [2.75, 3.05) is 19.0 Å². The summed E-state index contributed by atoms with van der Waals surface area (Å²) in [5.74, 6) is -0.173. The van der Waals surface area contributed by atoms with Crippen LogP contribution < -0.4 is 15.7 Å². The molecule has 0 bridgehead atoms. The highest BCUT2D eigenvalue weighted by Crippen LogP contribution is 2.28. The monoisotopic (exact) mass is 431 g/mol. The number of hydrogen-bond donors (Lipinski definition) is 1. The van der Waals surface area contributed by atoms with Gasteiger partial charge in [0.25, 0.3) is 0 Å². The molecular weight excluding hydrogens is 414 g/mol. The molecule has 0 aliphatic heterocycles. The molecule has 2 aromatic carbocycles. The number of ether oxygens (including phenoxy) is 3. The van der Waals surface area contributed by atoms with Crippen LogP contribution >= 0.6 is 11.6 Å². The molecule has 156 valence electrons. The zero-order chi connectivity index (χ0) is 21.7. The third kappa shape index (κ3) is 4.90. The van der Waals surface area contributed by atoms with E-state index in [2.05, 4.69) is 10.1 Å². The van der Waals surface area contributed by atoms with Gasteiger partial charge in [0.15, 0.2) is 0 Å². The quantitative estimate of drug-likeness (QED) is 0.456. The van der Waals surface area contributed by atoms with Gasteiger partial charge in [0.1, 0.15) is 17.9 Å². The summed E-state index contributed by atoms with van der Waals surface area (Å²) in [5.41, 5.74) is 0.993. The molecule has 3 rings (SSSR count). The molecule has 30 heavy (non-hydrogen) atoms. The molecule has 0 saturated heterocycles. The summed E-state index contributed by atoms with van der Waals surface area (Å²) in [4.78, 5) is 35.1. The van der Waals surface area contributed by atoms with Crippen molar-refractivity contribution < 1.29 is 28.2 Å². The smallest absolute Gasteiger partial charge is 0.411 e. The molecule has 1 amide bonds. The Morgan fingerprint density at radius 2 is 1.93 bits per heavy atom. The van der Waals surface area contributed by atoms with Crippen LogP contribution in [0, 0.1) is 0 Å². The Bertz CT molecular complexity index is 1160. The fraction of sp³-hybridized carbons (Fsp3) is 0.190. The van der Waals surface area contributed by atoms with Gasteiger partial charge in [-0.2, -0.15) is 0 Å². The lowest BCUT2D eigenvalue weighted by Gasteiger charge is -2.11. The van der Waals surface area contributed by atoms with Crippen LogP contribution in [-0.2, 0) is 16.1 Å². The molecule has 9 heteroatoms. The summed E-state index contributed by atoms with van der Waals surface area (Å²) in [7, 11) is 1.28. The fourth-order valence-corrected chi connectivity index (χ4v) is 2.97. The average molecular weight is 432 g/mol. The highest BCUT2D eigenvalue weighted by molar-refractivity contribution is 6.32. The number of rotatable bonds is 6. The number of fused-ring (bicyclic) bond motifs is 1. The van der Waals surface area contributed by atoms with E-state index in [0.29, 0.717) is 28.0 Å². The van der Waals surface area contributed by atoms with E-state index in [1.54, 1.807) is 25.1 Å². The van der Waals surface area contributed by atoms with Crippen molar-refractivity contribution in [2.45, 2.75) is 13.5 Å². The summed E-state index contributed by atoms with van der Waals surface area (Å²) < 4.78 is 20.4. The van der Waals surface area contributed by atoms with E-state index in [4.69, 9.17) is 25.5 Å². The Labute approximate surface area is 176 Å². The highest BCUT2D eigenvalue weighted by Gasteiger charge is 2.12. The highest BCUT2D eigenvalue weighted by atomic mass is 35.5. The molecule has 0 unspecified atom stereocenters. The fourth-order valence-electron chi connectivity index (χ4n) is 2.73. The van der Waals surface area contributed by atoms with E-state index in [0.717, 1.165) is 0 Å². The Balaban J connectivity index is 1.83. The van der Waals surface area contributed by atoms with Crippen LogP contribution in [0.2, 0.25) is 5.02 Å². The van der Waals surface area contributed by atoms with Gasteiger partial charge in [0, 0.05) is 28.8 Å². The normalized spacial score (nSPS) is 10.5. The first-order chi connectivity index (χ1) is 14.4.